The van der Waals surface area contributed by atoms with E-state index in [9.17, 15) is 0 Å². The lowest BCUT2D eigenvalue weighted by molar-refractivity contribution is 1.07. The number of nitrogens with zero attached hydrogens (tertiary/aromatic N) is 7. The molecule has 3 aromatic heterocycles. The first-order valence-corrected chi connectivity index (χ1v) is 19.8. The Balaban J connectivity index is 1.15. The zero-order valence-corrected chi connectivity index (χ0v) is 32.2. The highest BCUT2D eigenvalue weighted by Crippen LogP contribution is 2.41. The average molecular weight is 768 g/mol. The van der Waals surface area contributed by atoms with Gasteiger partial charge in [0.05, 0.1) is 11.2 Å². The van der Waals surface area contributed by atoms with Gasteiger partial charge in [-0.1, -0.05) is 194 Å². The molecule has 0 spiro atoms. The fourth-order valence-corrected chi connectivity index (χ4v) is 7.88. The molecule has 0 aliphatic carbocycles. The van der Waals surface area contributed by atoms with Crippen LogP contribution in [0, 0.1) is 0 Å². The van der Waals surface area contributed by atoms with Crippen LogP contribution >= 0.6 is 0 Å². The van der Waals surface area contributed by atoms with E-state index in [0.29, 0.717) is 34.9 Å². The monoisotopic (exact) mass is 767 g/mol. The number of hydrogen-bond acceptors (Lipinski definition) is 7. The molecule has 0 aliphatic heterocycles. The summed E-state index contributed by atoms with van der Waals surface area (Å²) in [7, 11) is 0. The van der Waals surface area contributed by atoms with Gasteiger partial charge in [-0.25, -0.2) is 34.9 Å². The number of rotatable bonds is 7. The van der Waals surface area contributed by atoms with Crippen molar-refractivity contribution in [3.05, 3.63) is 200 Å². The minimum absolute atomic E-state index is 0.575. The van der Waals surface area contributed by atoms with Crippen LogP contribution in [-0.4, -0.2) is 34.9 Å². The lowest BCUT2D eigenvalue weighted by atomic mass is 9.92. The highest BCUT2D eigenvalue weighted by Gasteiger charge is 2.19. The van der Waals surface area contributed by atoms with Crippen molar-refractivity contribution in [1.29, 1.82) is 0 Å². The smallest absolute Gasteiger partial charge is 0.164 e. The molecule has 0 amide bonds. The van der Waals surface area contributed by atoms with E-state index in [-0.39, 0.29) is 0 Å². The van der Waals surface area contributed by atoms with Crippen molar-refractivity contribution in [3.63, 3.8) is 0 Å². The lowest BCUT2D eigenvalue weighted by Gasteiger charge is -2.15. The third-order valence-corrected chi connectivity index (χ3v) is 10.8. The van der Waals surface area contributed by atoms with Gasteiger partial charge in [0, 0.05) is 55.1 Å². The first kappa shape index (κ1) is 34.9. The van der Waals surface area contributed by atoms with Crippen molar-refractivity contribution in [2.24, 2.45) is 0 Å². The first-order valence-electron chi connectivity index (χ1n) is 19.8. The summed E-state index contributed by atoms with van der Waals surface area (Å²) in [5.74, 6) is 3.64. The quantitative estimate of drug-likeness (QED) is 0.149. The van der Waals surface area contributed by atoms with Crippen LogP contribution in [0.2, 0.25) is 0 Å². The highest BCUT2D eigenvalue weighted by atomic mass is 15.0. The van der Waals surface area contributed by atoms with Crippen molar-refractivity contribution in [2.45, 2.75) is 0 Å². The number of hydrogen-bond donors (Lipinski definition) is 0. The van der Waals surface area contributed by atoms with E-state index >= 15 is 0 Å². The Bertz CT molecular complexity index is 3230. The third-order valence-electron chi connectivity index (χ3n) is 10.8. The van der Waals surface area contributed by atoms with Crippen LogP contribution in [0.5, 0.6) is 0 Å². The molecule has 280 valence electrons. The average Bonchev–Trinajstić information content (AvgIpc) is 3.34. The third kappa shape index (κ3) is 6.40. The van der Waals surface area contributed by atoms with Crippen molar-refractivity contribution >= 4 is 32.4 Å². The molecule has 3 heterocycles. The molecular weight excluding hydrogens is 735 g/mol. The minimum atomic E-state index is 0.575. The van der Waals surface area contributed by atoms with Gasteiger partial charge < -0.3 is 0 Å². The molecular formula is C53H33N7. The maximum atomic E-state index is 5.39. The molecule has 7 nitrogen and oxygen atoms in total. The van der Waals surface area contributed by atoms with Crippen LogP contribution < -0.4 is 0 Å². The Morgan fingerprint density at radius 3 is 1.12 bits per heavy atom. The van der Waals surface area contributed by atoms with Gasteiger partial charge >= 0.3 is 0 Å². The number of benzene rings is 8. The van der Waals surface area contributed by atoms with Gasteiger partial charge in [-0.15, -0.1) is 0 Å². The van der Waals surface area contributed by atoms with Crippen LogP contribution in [0.15, 0.2) is 200 Å². The predicted octanol–water partition coefficient (Wildman–Crippen LogP) is 12.6. The Kier molecular flexibility index (Phi) is 8.67. The number of pyridine rings is 1. The molecule has 0 saturated carbocycles. The second-order valence-electron chi connectivity index (χ2n) is 14.5. The van der Waals surface area contributed by atoms with Crippen LogP contribution in [0.1, 0.15) is 0 Å². The molecule has 0 radical (unpaired) electrons. The largest absolute Gasteiger partial charge is 0.247 e. The van der Waals surface area contributed by atoms with Crippen LogP contribution in [0.3, 0.4) is 0 Å². The van der Waals surface area contributed by atoms with E-state index in [4.69, 9.17) is 34.9 Å². The molecule has 0 atom stereocenters. The molecule has 0 unspecified atom stereocenters. The van der Waals surface area contributed by atoms with E-state index in [1.165, 1.54) is 0 Å². The normalized spacial score (nSPS) is 11.3. The zero-order valence-electron chi connectivity index (χ0n) is 32.2. The summed E-state index contributed by atoms with van der Waals surface area (Å²) in [6.45, 7) is 0. The van der Waals surface area contributed by atoms with Gasteiger partial charge in [-0.2, -0.15) is 0 Å². The first-order chi connectivity index (χ1) is 29.7. The van der Waals surface area contributed by atoms with Gasteiger partial charge in [0.15, 0.2) is 34.9 Å². The molecule has 11 rings (SSSR count). The fourth-order valence-electron chi connectivity index (χ4n) is 7.88. The maximum Gasteiger partial charge on any atom is 0.164 e. The van der Waals surface area contributed by atoms with Gasteiger partial charge in [0.25, 0.3) is 0 Å². The molecule has 0 fully saturated rings. The Morgan fingerprint density at radius 2 is 0.633 bits per heavy atom. The van der Waals surface area contributed by atoms with E-state index in [0.717, 1.165) is 77.1 Å². The summed E-state index contributed by atoms with van der Waals surface area (Å²) in [4.78, 5) is 35.5. The Morgan fingerprint density at radius 1 is 0.233 bits per heavy atom. The Hall–Kier alpha value is -8.29. The van der Waals surface area contributed by atoms with Gasteiger partial charge in [0.1, 0.15) is 0 Å². The number of fused-ring (bicyclic) bond motifs is 5. The molecule has 60 heavy (non-hydrogen) atoms. The second-order valence-corrected chi connectivity index (χ2v) is 14.5. The molecule has 0 bridgehead atoms. The molecule has 0 saturated heterocycles. The molecule has 0 N–H and O–H groups in total. The van der Waals surface area contributed by atoms with Gasteiger partial charge in [-0.3, -0.25) is 0 Å². The van der Waals surface area contributed by atoms with Crippen LogP contribution in [-0.2, 0) is 0 Å². The Labute approximate surface area is 345 Å². The van der Waals surface area contributed by atoms with Crippen molar-refractivity contribution in [2.75, 3.05) is 0 Å². The summed E-state index contributed by atoms with van der Waals surface area (Å²) in [5.41, 5.74) is 8.20. The van der Waals surface area contributed by atoms with Crippen LogP contribution in [0.25, 0.3) is 112 Å². The van der Waals surface area contributed by atoms with E-state index in [2.05, 4.69) is 72.8 Å². The van der Waals surface area contributed by atoms with E-state index < -0.39 is 0 Å². The number of aromatic nitrogens is 7. The topological polar surface area (TPSA) is 90.2 Å². The van der Waals surface area contributed by atoms with Crippen molar-refractivity contribution < 1.29 is 0 Å². The second kappa shape index (κ2) is 14.9. The highest BCUT2D eigenvalue weighted by molar-refractivity contribution is 6.24. The molecule has 11 aromatic rings. The summed E-state index contributed by atoms with van der Waals surface area (Å²) in [5, 5.41) is 5.26. The molecule has 0 aliphatic rings. The summed E-state index contributed by atoms with van der Waals surface area (Å²) in [6, 6.07) is 67.7. The summed E-state index contributed by atoms with van der Waals surface area (Å²) < 4.78 is 0. The summed E-state index contributed by atoms with van der Waals surface area (Å²) in [6.07, 6.45) is 0. The SMILES string of the molecule is c1ccc(-c2nc(-c3ccccc3)nc(-c3ccc4c(c3)nc(-c3ccccc3)c3ccc5c(-c6nc(-c7ccccc7)nc(-c7ccccc7)n6)cccc5c34)n2)cc1. The predicted molar refractivity (Wildman–Crippen MR) is 242 cm³/mol. The van der Waals surface area contributed by atoms with E-state index in [1.807, 2.05) is 127 Å². The van der Waals surface area contributed by atoms with Crippen molar-refractivity contribution in [3.8, 4) is 79.6 Å². The maximum absolute atomic E-state index is 5.39. The fraction of sp³-hybridized carbons (Fsp3) is 0. The molecule has 7 heteroatoms. The minimum Gasteiger partial charge on any atom is -0.247 e. The van der Waals surface area contributed by atoms with Gasteiger partial charge in [-0.05, 0) is 16.8 Å². The van der Waals surface area contributed by atoms with Crippen molar-refractivity contribution in [1.82, 2.24) is 34.9 Å². The van der Waals surface area contributed by atoms with Crippen LogP contribution in [0.4, 0.5) is 0 Å². The zero-order chi connectivity index (χ0) is 39.8. The molecule has 8 aromatic carbocycles. The van der Waals surface area contributed by atoms with E-state index in [1.54, 1.807) is 0 Å². The van der Waals surface area contributed by atoms with Gasteiger partial charge in [0.2, 0.25) is 0 Å². The summed E-state index contributed by atoms with van der Waals surface area (Å²) >= 11 is 0. The lowest BCUT2D eigenvalue weighted by Crippen LogP contribution is -2.01. The standard InChI is InChI=1S/C53H33N7/c1-6-17-34(18-7-1)47-44-32-31-40-41(27-16-28-42(40)53-59-50(37-23-12-4-13-24-37)56-51(60-53)38-25-14-5-15-26-38)46(44)43-30-29-39(33-45(43)54-47)52-57-48(35-19-8-2-9-20-35)55-49(58-52)36-21-10-3-11-22-36/h1-33H.